The molecule has 0 saturated heterocycles. The summed E-state index contributed by atoms with van der Waals surface area (Å²) in [5, 5.41) is 0. The summed E-state index contributed by atoms with van der Waals surface area (Å²) < 4.78 is 16.6. The number of hydrogen-bond donors (Lipinski definition) is 0. The van der Waals surface area contributed by atoms with E-state index in [-0.39, 0.29) is 31.1 Å². The minimum absolute atomic E-state index is 0.0900. The first-order chi connectivity index (χ1) is 27.0. The monoisotopic (exact) mass is 769 g/mol. The van der Waals surface area contributed by atoms with Crippen molar-refractivity contribution in [1.29, 1.82) is 0 Å². The lowest BCUT2D eigenvalue weighted by Gasteiger charge is -2.18. The Morgan fingerprint density at radius 2 is 0.709 bits per heavy atom. The van der Waals surface area contributed by atoms with Crippen LogP contribution in [0.2, 0.25) is 0 Å². The maximum absolute atomic E-state index is 12.7. The van der Waals surface area contributed by atoms with Gasteiger partial charge in [0.1, 0.15) is 13.2 Å². The first kappa shape index (κ1) is 52.1. The van der Waals surface area contributed by atoms with Crippen LogP contribution in [0.25, 0.3) is 0 Å². The molecule has 0 fully saturated rings. The quantitative estimate of drug-likeness (QED) is 0.0267. The van der Waals surface area contributed by atoms with E-state index in [1.165, 1.54) is 77.0 Å². The molecule has 0 amide bonds. The third kappa shape index (κ3) is 42.1. The van der Waals surface area contributed by atoms with Crippen molar-refractivity contribution >= 4 is 17.9 Å². The predicted octanol–water partition coefficient (Wildman–Crippen LogP) is 14.5. The Balaban J connectivity index is 4.44. The van der Waals surface area contributed by atoms with Gasteiger partial charge in [-0.1, -0.05) is 171 Å². The van der Waals surface area contributed by atoms with E-state index in [0.29, 0.717) is 19.3 Å². The normalized spacial score (nSPS) is 12.6. The van der Waals surface area contributed by atoms with Crippen LogP contribution in [-0.4, -0.2) is 37.2 Å². The molecule has 0 heterocycles. The van der Waals surface area contributed by atoms with Gasteiger partial charge < -0.3 is 14.2 Å². The van der Waals surface area contributed by atoms with Crippen molar-refractivity contribution < 1.29 is 28.6 Å². The van der Waals surface area contributed by atoms with Crippen LogP contribution < -0.4 is 0 Å². The van der Waals surface area contributed by atoms with Gasteiger partial charge in [0.15, 0.2) is 6.10 Å². The summed E-state index contributed by atoms with van der Waals surface area (Å²) in [5.41, 5.74) is 0. The van der Waals surface area contributed by atoms with E-state index in [4.69, 9.17) is 14.2 Å². The smallest absolute Gasteiger partial charge is 0.306 e. The fourth-order valence-electron chi connectivity index (χ4n) is 6.07. The number of allylic oxidation sites excluding steroid dienone is 10. The van der Waals surface area contributed by atoms with Crippen molar-refractivity contribution in [2.24, 2.45) is 0 Å². The molecule has 0 saturated carbocycles. The largest absolute Gasteiger partial charge is 0.462 e. The zero-order valence-electron chi connectivity index (χ0n) is 35.9. The van der Waals surface area contributed by atoms with Gasteiger partial charge in [-0.05, 0) is 83.5 Å². The van der Waals surface area contributed by atoms with Crippen LogP contribution in [0.3, 0.4) is 0 Å². The molecule has 0 aliphatic rings. The van der Waals surface area contributed by atoms with Gasteiger partial charge in [0.2, 0.25) is 0 Å². The zero-order chi connectivity index (χ0) is 40.1. The van der Waals surface area contributed by atoms with Crippen LogP contribution in [-0.2, 0) is 28.6 Å². The summed E-state index contributed by atoms with van der Waals surface area (Å²) in [6.45, 7) is 6.43. The third-order valence-corrected chi connectivity index (χ3v) is 9.51. The molecule has 0 radical (unpaired) electrons. The molecule has 0 bridgehead atoms. The van der Waals surface area contributed by atoms with Gasteiger partial charge in [-0.3, -0.25) is 14.4 Å². The van der Waals surface area contributed by atoms with E-state index >= 15 is 0 Å². The van der Waals surface area contributed by atoms with Gasteiger partial charge in [-0.2, -0.15) is 0 Å². The minimum Gasteiger partial charge on any atom is -0.462 e. The van der Waals surface area contributed by atoms with Crippen LogP contribution in [0, 0.1) is 0 Å². The third-order valence-electron chi connectivity index (χ3n) is 9.51. The molecule has 0 unspecified atom stereocenters. The summed E-state index contributed by atoms with van der Waals surface area (Å²) in [6.07, 6.45) is 52.0. The molecule has 0 aliphatic heterocycles. The molecule has 0 aromatic heterocycles. The molecule has 1 atom stereocenters. The Bertz CT molecular complexity index is 1020. The van der Waals surface area contributed by atoms with E-state index in [1.54, 1.807) is 0 Å². The Morgan fingerprint density at radius 1 is 0.382 bits per heavy atom. The van der Waals surface area contributed by atoms with Crippen LogP contribution in [0.15, 0.2) is 60.8 Å². The summed E-state index contributed by atoms with van der Waals surface area (Å²) in [5.74, 6) is -0.948. The lowest BCUT2D eigenvalue weighted by Crippen LogP contribution is -2.30. The molecule has 6 nitrogen and oxygen atoms in total. The Hall–Kier alpha value is -2.89. The maximum Gasteiger partial charge on any atom is 0.306 e. The average molecular weight is 769 g/mol. The van der Waals surface area contributed by atoms with Crippen molar-refractivity contribution in [1.82, 2.24) is 0 Å². The van der Waals surface area contributed by atoms with Crippen LogP contribution >= 0.6 is 0 Å². The summed E-state index contributed by atoms with van der Waals surface area (Å²) >= 11 is 0. The molecule has 0 rings (SSSR count). The van der Waals surface area contributed by atoms with Gasteiger partial charge >= 0.3 is 17.9 Å². The van der Waals surface area contributed by atoms with Gasteiger partial charge in [0, 0.05) is 19.3 Å². The van der Waals surface area contributed by atoms with Crippen molar-refractivity contribution in [3.63, 3.8) is 0 Å². The predicted molar refractivity (Wildman–Crippen MR) is 233 cm³/mol. The SMILES string of the molecule is CC/C=C\C/C=C\C/C=C\C/C=C\CCCCC(=O)OC[C@@H](COC(=O)CCCCCCCCCCC)OC(=O)CCCCCCC/C=C\CCCCCC. The lowest BCUT2D eigenvalue weighted by molar-refractivity contribution is -0.167. The van der Waals surface area contributed by atoms with Gasteiger partial charge in [0.05, 0.1) is 0 Å². The molecule has 316 valence electrons. The summed E-state index contributed by atoms with van der Waals surface area (Å²) in [6, 6.07) is 0. The summed E-state index contributed by atoms with van der Waals surface area (Å²) in [7, 11) is 0. The number of carbonyl (C=O) groups is 3. The molecule has 0 spiro atoms. The van der Waals surface area contributed by atoms with Crippen molar-refractivity contribution in [2.75, 3.05) is 13.2 Å². The Labute approximate surface area is 339 Å². The van der Waals surface area contributed by atoms with E-state index < -0.39 is 6.10 Å². The molecule has 0 aromatic carbocycles. The number of ether oxygens (including phenoxy) is 3. The van der Waals surface area contributed by atoms with Gasteiger partial charge in [-0.25, -0.2) is 0 Å². The zero-order valence-corrected chi connectivity index (χ0v) is 35.9. The fourth-order valence-corrected chi connectivity index (χ4v) is 6.07. The van der Waals surface area contributed by atoms with Gasteiger partial charge in [-0.15, -0.1) is 0 Å². The molecular formula is C49H84O6. The van der Waals surface area contributed by atoms with Crippen molar-refractivity contribution in [3.05, 3.63) is 60.8 Å². The topological polar surface area (TPSA) is 78.9 Å². The second-order valence-electron chi connectivity index (χ2n) is 14.9. The first-order valence-corrected chi connectivity index (χ1v) is 22.8. The second kappa shape index (κ2) is 43.8. The Kier molecular flexibility index (Phi) is 41.5. The van der Waals surface area contributed by atoms with Crippen molar-refractivity contribution in [2.45, 2.75) is 219 Å². The number of unbranched alkanes of at least 4 members (excludes halogenated alkanes) is 19. The highest BCUT2D eigenvalue weighted by Crippen LogP contribution is 2.13. The Morgan fingerprint density at radius 3 is 1.18 bits per heavy atom. The molecule has 0 N–H and O–H groups in total. The number of rotatable bonds is 40. The highest BCUT2D eigenvalue weighted by molar-refractivity contribution is 5.71. The van der Waals surface area contributed by atoms with E-state index in [9.17, 15) is 14.4 Å². The fraction of sp³-hybridized carbons (Fsp3) is 0.735. The van der Waals surface area contributed by atoms with E-state index in [2.05, 4.69) is 81.5 Å². The standard InChI is InChI=1S/C49H84O6/c1-4-7-10-13-16-19-21-23-24-26-27-30-33-36-39-42-48(51)54-45-46(44-53-47(50)41-38-35-32-29-18-15-12-9-6-3)55-49(52)43-40-37-34-31-28-25-22-20-17-14-11-8-5-2/h7,10,16,19-20,22-24,27,30,46H,4-6,8-9,11-15,17-18,21,25-26,28-29,31-45H2,1-3H3/b10-7-,19-16-,22-20-,24-23-,30-27-/t46-/m1/s1. The molecule has 0 aliphatic carbocycles. The van der Waals surface area contributed by atoms with Crippen molar-refractivity contribution in [3.8, 4) is 0 Å². The van der Waals surface area contributed by atoms with Gasteiger partial charge in [0.25, 0.3) is 0 Å². The number of esters is 3. The second-order valence-corrected chi connectivity index (χ2v) is 14.9. The molecule has 6 heteroatoms. The number of carbonyl (C=O) groups excluding carboxylic acids is 3. The number of hydrogen-bond acceptors (Lipinski definition) is 6. The molecular weight excluding hydrogens is 685 g/mol. The first-order valence-electron chi connectivity index (χ1n) is 22.8. The van der Waals surface area contributed by atoms with Crippen LogP contribution in [0.1, 0.15) is 213 Å². The summed E-state index contributed by atoms with van der Waals surface area (Å²) in [4.78, 5) is 37.7. The minimum atomic E-state index is -0.790. The molecule has 0 aromatic rings. The van der Waals surface area contributed by atoms with Crippen LogP contribution in [0.4, 0.5) is 0 Å². The lowest BCUT2D eigenvalue weighted by atomic mass is 10.1. The molecule has 55 heavy (non-hydrogen) atoms. The highest BCUT2D eigenvalue weighted by Gasteiger charge is 2.19. The van der Waals surface area contributed by atoms with E-state index in [0.717, 1.165) is 96.3 Å². The van der Waals surface area contributed by atoms with Crippen LogP contribution in [0.5, 0.6) is 0 Å². The average Bonchev–Trinajstić information content (AvgIpc) is 3.18. The maximum atomic E-state index is 12.7. The van der Waals surface area contributed by atoms with E-state index in [1.807, 2.05) is 0 Å². The highest BCUT2D eigenvalue weighted by atomic mass is 16.6.